The summed E-state index contributed by atoms with van der Waals surface area (Å²) in [5.74, 6) is -0.408. The van der Waals surface area contributed by atoms with Gasteiger partial charge in [0.15, 0.2) is 11.3 Å². The molecule has 3 atom stereocenters. The Balaban J connectivity index is 1.69. The second kappa shape index (κ2) is 10.0. The molecule has 1 amide bonds. The number of alkyl halides is 3. The molecule has 1 fully saturated rings. The van der Waals surface area contributed by atoms with Gasteiger partial charge in [-0.2, -0.15) is 18.4 Å². The van der Waals surface area contributed by atoms with E-state index in [2.05, 4.69) is 15.0 Å². The van der Waals surface area contributed by atoms with E-state index in [4.69, 9.17) is 9.47 Å². The van der Waals surface area contributed by atoms with Crippen LogP contribution in [0.15, 0.2) is 23.1 Å². The molecule has 1 saturated heterocycles. The van der Waals surface area contributed by atoms with Crippen LogP contribution in [0.5, 0.6) is 5.88 Å². The van der Waals surface area contributed by atoms with Gasteiger partial charge in [-0.15, -0.1) is 0 Å². The highest BCUT2D eigenvalue weighted by Gasteiger charge is 2.38. The number of aryl methyl sites for hydroxylation is 1. The molecule has 4 heterocycles. The number of halogens is 3. The summed E-state index contributed by atoms with van der Waals surface area (Å²) in [5.41, 5.74) is -2.58. The van der Waals surface area contributed by atoms with E-state index >= 15 is 0 Å². The summed E-state index contributed by atoms with van der Waals surface area (Å²) in [4.78, 5) is 39.0. The quantitative estimate of drug-likeness (QED) is 0.504. The van der Waals surface area contributed by atoms with Gasteiger partial charge in [0.2, 0.25) is 5.88 Å². The number of carbonyl (C=O) groups is 1. The number of nitriles is 1. The van der Waals surface area contributed by atoms with Gasteiger partial charge in [-0.25, -0.2) is 15.0 Å². The lowest BCUT2D eigenvalue weighted by molar-refractivity contribution is -0.142. The normalized spacial score (nSPS) is 18.8. The van der Waals surface area contributed by atoms with Gasteiger partial charge in [0, 0.05) is 31.9 Å². The first kappa shape index (κ1) is 27.0. The summed E-state index contributed by atoms with van der Waals surface area (Å²) in [6.07, 6.45) is -5.29. The highest BCUT2D eigenvalue weighted by atomic mass is 19.4. The molecule has 4 rings (SSSR count). The van der Waals surface area contributed by atoms with E-state index in [0.29, 0.717) is 13.1 Å². The minimum atomic E-state index is -4.87. The topological polar surface area (TPSA) is 123 Å². The first-order valence-corrected chi connectivity index (χ1v) is 11.8. The number of fused-ring (bicyclic) bond motifs is 1. The molecule has 0 N–H and O–H groups in total. The number of hydrogen-bond donors (Lipinski definition) is 0. The Morgan fingerprint density at radius 3 is 2.50 bits per heavy atom. The minimum absolute atomic E-state index is 0.111. The van der Waals surface area contributed by atoms with Crippen molar-refractivity contribution in [3.05, 3.63) is 56.9 Å². The summed E-state index contributed by atoms with van der Waals surface area (Å²) in [6.45, 7) is 7.22. The number of carbonyl (C=O) groups excluding carboxylic acids is 1. The van der Waals surface area contributed by atoms with E-state index in [9.17, 15) is 28.0 Å². The van der Waals surface area contributed by atoms with Crippen molar-refractivity contribution in [1.29, 1.82) is 5.26 Å². The number of aromatic nitrogens is 4. The maximum absolute atomic E-state index is 13.9. The largest absolute Gasteiger partial charge is 0.469 e. The van der Waals surface area contributed by atoms with Crippen molar-refractivity contribution in [1.82, 2.24) is 24.4 Å². The monoisotopic (exact) mass is 530 g/mol. The van der Waals surface area contributed by atoms with Crippen molar-refractivity contribution < 1.29 is 27.4 Å². The van der Waals surface area contributed by atoms with Crippen molar-refractivity contribution in [3.8, 4) is 11.9 Å². The third-order valence-electron chi connectivity index (χ3n) is 6.24. The standard InChI is InChI=1S/C25H25F3N6O4/c1-12-10-34(11-13(2)37-12)23(35)17-6-16(8-29)22(30-9-17)38-14(3)18-7-19-21(32-20(18)25(26,27)28)31-15(4)33(5)24(19)36/h6-7,9,12-14H,10-11H2,1-5H3/t12-,13+,14-/m0/s1. The minimum Gasteiger partial charge on any atom is -0.469 e. The van der Waals surface area contributed by atoms with Crippen LogP contribution in [0.25, 0.3) is 11.0 Å². The fourth-order valence-corrected chi connectivity index (χ4v) is 4.35. The van der Waals surface area contributed by atoms with Crippen molar-refractivity contribution >= 4 is 16.9 Å². The van der Waals surface area contributed by atoms with Crippen LogP contribution in [-0.2, 0) is 18.0 Å². The summed E-state index contributed by atoms with van der Waals surface area (Å²) in [7, 11) is 1.45. The van der Waals surface area contributed by atoms with Crippen molar-refractivity contribution in [3.63, 3.8) is 0 Å². The summed E-state index contributed by atoms with van der Waals surface area (Å²) < 4.78 is 54.3. The highest BCUT2D eigenvalue weighted by molar-refractivity contribution is 5.94. The van der Waals surface area contributed by atoms with Gasteiger partial charge in [-0.3, -0.25) is 14.2 Å². The lowest BCUT2D eigenvalue weighted by Gasteiger charge is -2.35. The maximum atomic E-state index is 13.9. The van der Waals surface area contributed by atoms with Gasteiger partial charge in [-0.1, -0.05) is 0 Å². The molecule has 0 bridgehead atoms. The van der Waals surface area contributed by atoms with Crippen molar-refractivity contribution in [2.45, 2.75) is 52.2 Å². The fraction of sp³-hybridized carbons (Fsp3) is 0.440. The Labute approximate surface area is 215 Å². The van der Waals surface area contributed by atoms with Crippen LogP contribution >= 0.6 is 0 Å². The van der Waals surface area contributed by atoms with E-state index in [0.717, 1.165) is 6.07 Å². The Bertz CT molecular complexity index is 1500. The van der Waals surface area contributed by atoms with Gasteiger partial charge in [0.25, 0.3) is 11.5 Å². The number of pyridine rings is 2. The Hall–Kier alpha value is -4.05. The van der Waals surface area contributed by atoms with E-state index in [-0.39, 0.29) is 52.0 Å². The molecule has 3 aromatic heterocycles. The number of ether oxygens (including phenoxy) is 2. The van der Waals surface area contributed by atoms with Crippen LogP contribution in [0.3, 0.4) is 0 Å². The van der Waals surface area contributed by atoms with Crippen molar-refractivity contribution in [2.75, 3.05) is 13.1 Å². The maximum Gasteiger partial charge on any atom is 0.433 e. The molecule has 13 heteroatoms. The predicted octanol–water partition coefficient (Wildman–Crippen LogP) is 3.31. The van der Waals surface area contributed by atoms with E-state index in [1.54, 1.807) is 4.90 Å². The van der Waals surface area contributed by atoms with Gasteiger partial charge >= 0.3 is 6.18 Å². The molecule has 0 aromatic carbocycles. The molecule has 0 spiro atoms. The molecule has 3 aromatic rings. The first-order chi connectivity index (χ1) is 17.8. The third-order valence-corrected chi connectivity index (χ3v) is 6.24. The Kier molecular flexibility index (Phi) is 7.12. The van der Waals surface area contributed by atoms with Crippen molar-refractivity contribution in [2.24, 2.45) is 7.05 Å². The third kappa shape index (κ3) is 5.17. The molecule has 38 heavy (non-hydrogen) atoms. The van der Waals surface area contributed by atoms with Crippen LogP contribution in [0.4, 0.5) is 13.2 Å². The molecular formula is C25H25F3N6O4. The molecule has 0 unspecified atom stereocenters. The van der Waals surface area contributed by atoms with Crippen LogP contribution in [0, 0.1) is 18.3 Å². The number of morpholine rings is 1. The SMILES string of the molecule is Cc1nc2nc(C(F)(F)F)c([C@H](C)Oc3ncc(C(=O)N4C[C@@H](C)O[C@@H](C)C4)cc3C#N)cc2c(=O)n1C. The molecule has 1 aliphatic rings. The van der Waals surface area contributed by atoms with Gasteiger partial charge < -0.3 is 14.4 Å². The van der Waals surface area contributed by atoms with E-state index in [1.807, 2.05) is 19.9 Å². The van der Waals surface area contributed by atoms with E-state index < -0.39 is 29.1 Å². The fourth-order valence-electron chi connectivity index (χ4n) is 4.35. The van der Waals surface area contributed by atoms with Crippen LogP contribution in [0.2, 0.25) is 0 Å². The van der Waals surface area contributed by atoms with E-state index in [1.165, 1.54) is 37.7 Å². The van der Waals surface area contributed by atoms with Gasteiger partial charge in [-0.05, 0) is 39.8 Å². The highest BCUT2D eigenvalue weighted by Crippen LogP contribution is 2.36. The zero-order chi connectivity index (χ0) is 27.9. The average Bonchev–Trinajstić information content (AvgIpc) is 2.85. The molecule has 200 valence electrons. The molecule has 10 nitrogen and oxygen atoms in total. The van der Waals surface area contributed by atoms with Gasteiger partial charge in [0.05, 0.1) is 23.2 Å². The predicted molar refractivity (Wildman–Crippen MR) is 128 cm³/mol. The zero-order valence-electron chi connectivity index (χ0n) is 21.3. The summed E-state index contributed by atoms with van der Waals surface area (Å²) in [6, 6.07) is 4.22. The first-order valence-electron chi connectivity index (χ1n) is 11.8. The number of hydrogen-bond acceptors (Lipinski definition) is 8. The Morgan fingerprint density at radius 2 is 1.89 bits per heavy atom. The second-order valence-electron chi connectivity index (χ2n) is 9.23. The van der Waals surface area contributed by atoms with Crippen LogP contribution < -0.4 is 10.3 Å². The van der Waals surface area contributed by atoms with Crippen LogP contribution in [-0.4, -0.2) is 55.6 Å². The molecule has 0 saturated carbocycles. The van der Waals surface area contributed by atoms with Gasteiger partial charge in [0.1, 0.15) is 23.6 Å². The smallest absolute Gasteiger partial charge is 0.433 e. The molecule has 0 aliphatic carbocycles. The zero-order valence-corrected chi connectivity index (χ0v) is 21.3. The molecule has 1 aliphatic heterocycles. The summed E-state index contributed by atoms with van der Waals surface area (Å²) in [5, 5.41) is 9.55. The lowest BCUT2D eigenvalue weighted by Crippen LogP contribution is -2.48. The average molecular weight is 531 g/mol. The second-order valence-corrected chi connectivity index (χ2v) is 9.23. The number of nitrogens with zero attached hydrogens (tertiary/aromatic N) is 6. The molecule has 0 radical (unpaired) electrons. The number of amides is 1. The Morgan fingerprint density at radius 1 is 1.24 bits per heavy atom. The lowest BCUT2D eigenvalue weighted by atomic mass is 10.1. The van der Waals surface area contributed by atoms with Crippen LogP contribution in [0.1, 0.15) is 59.9 Å². The molecular weight excluding hydrogens is 505 g/mol. The summed E-state index contributed by atoms with van der Waals surface area (Å²) >= 11 is 0. The number of rotatable bonds is 4.